The Kier molecular flexibility index (Phi) is 4.97. The van der Waals surface area contributed by atoms with E-state index in [0.29, 0.717) is 6.61 Å². The SMILES string of the molecule is Brc1ccc([C@@H]2O[C@H]2COC(c2ccccc2)c2ccccc2)cc1. The van der Waals surface area contributed by atoms with Gasteiger partial charge in [-0.15, -0.1) is 0 Å². The minimum atomic E-state index is -0.0721. The van der Waals surface area contributed by atoms with Crippen molar-refractivity contribution < 1.29 is 9.47 Å². The summed E-state index contributed by atoms with van der Waals surface area (Å²) in [6, 6.07) is 29.0. The molecule has 25 heavy (non-hydrogen) atoms. The third-order valence-electron chi connectivity index (χ3n) is 4.41. The number of benzene rings is 3. The van der Waals surface area contributed by atoms with Crippen molar-refractivity contribution in [2.45, 2.75) is 18.3 Å². The molecular weight excluding hydrogens is 376 g/mol. The molecule has 3 aromatic rings. The lowest BCUT2D eigenvalue weighted by atomic mass is 10.0. The van der Waals surface area contributed by atoms with Gasteiger partial charge in [-0.2, -0.15) is 0 Å². The number of hydrogen-bond donors (Lipinski definition) is 0. The van der Waals surface area contributed by atoms with Gasteiger partial charge in [0.05, 0.1) is 6.61 Å². The maximum atomic E-state index is 6.28. The van der Waals surface area contributed by atoms with Gasteiger partial charge in [0, 0.05) is 4.47 Å². The van der Waals surface area contributed by atoms with Crippen molar-refractivity contribution in [1.29, 1.82) is 0 Å². The Labute approximate surface area is 156 Å². The van der Waals surface area contributed by atoms with Crippen molar-refractivity contribution in [1.82, 2.24) is 0 Å². The summed E-state index contributed by atoms with van der Waals surface area (Å²) in [6.07, 6.45) is 0.188. The van der Waals surface area contributed by atoms with Gasteiger partial charge in [-0.3, -0.25) is 0 Å². The Balaban J connectivity index is 1.45. The summed E-state index contributed by atoms with van der Waals surface area (Å²) in [4.78, 5) is 0. The van der Waals surface area contributed by atoms with E-state index < -0.39 is 0 Å². The lowest BCUT2D eigenvalue weighted by Gasteiger charge is -2.18. The minimum absolute atomic E-state index is 0.0721. The van der Waals surface area contributed by atoms with Crippen LogP contribution in [-0.4, -0.2) is 12.7 Å². The molecule has 3 aromatic carbocycles. The summed E-state index contributed by atoms with van der Waals surface area (Å²) in [7, 11) is 0. The van der Waals surface area contributed by atoms with Crippen molar-refractivity contribution in [2.24, 2.45) is 0 Å². The van der Waals surface area contributed by atoms with Crippen LogP contribution in [0, 0.1) is 0 Å². The van der Waals surface area contributed by atoms with Gasteiger partial charge in [0.25, 0.3) is 0 Å². The topological polar surface area (TPSA) is 21.8 Å². The van der Waals surface area contributed by atoms with Gasteiger partial charge < -0.3 is 9.47 Å². The van der Waals surface area contributed by atoms with Gasteiger partial charge >= 0.3 is 0 Å². The fourth-order valence-corrected chi connectivity index (χ4v) is 3.31. The van der Waals surface area contributed by atoms with E-state index in [9.17, 15) is 0 Å². The van der Waals surface area contributed by atoms with Crippen LogP contribution < -0.4 is 0 Å². The first kappa shape index (κ1) is 16.5. The molecule has 0 amide bonds. The zero-order valence-corrected chi connectivity index (χ0v) is 15.3. The molecule has 0 unspecified atom stereocenters. The standard InChI is InChI=1S/C22H19BrO2/c23-19-13-11-18(12-14-19)22-20(25-22)15-24-21(16-7-3-1-4-8-16)17-9-5-2-6-10-17/h1-14,20-22H,15H2/t20-,22-/m0/s1. The highest BCUT2D eigenvalue weighted by Gasteiger charge is 2.40. The second-order valence-electron chi connectivity index (χ2n) is 6.18. The Hall–Kier alpha value is -1.94. The minimum Gasteiger partial charge on any atom is -0.366 e. The summed E-state index contributed by atoms with van der Waals surface area (Å²) >= 11 is 3.47. The Morgan fingerprint density at radius 1 is 0.800 bits per heavy atom. The molecule has 0 radical (unpaired) electrons. The molecule has 2 atom stereocenters. The fraction of sp³-hybridized carbons (Fsp3) is 0.182. The third kappa shape index (κ3) is 4.01. The van der Waals surface area contributed by atoms with Crippen LogP contribution in [0.4, 0.5) is 0 Å². The summed E-state index contributed by atoms with van der Waals surface area (Å²) < 4.78 is 13.2. The molecule has 4 rings (SSSR count). The first-order valence-corrected chi connectivity index (χ1v) is 9.23. The van der Waals surface area contributed by atoms with Crippen molar-refractivity contribution in [2.75, 3.05) is 6.61 Å². The molecule has 126 valence electrons. The monoisotopic (exact) mass is 394 g/mol. The first-order chi connectivity index (χ1) is 12.3. The summed E-state index contributed by atoms with van der Waals surface area (Å²) in [5.74, 6) is 0. The van der Waals surface area contributed by atoms with Gasteiger partial charge in [-0.05, 0) is 28.8 Å². The van der Waals surface area contributed by atoms with E-state index in [2.05, 4.69) is 52.3 Å². The largest absolute Gasteiger partial charge is 0.366 e. The van der Waals surface area contributed by atoms with Crippen LogP contribution in [0.5, 0.6) is 0 Å². The molecule has 1 fully saturated rings. The Bertz CT molecular complexity index is 763. The molecular formula is C22H19BrO2. The second kappa shape index (κ2) is 7.52. The zero-order valence-electron chi connectivity index (χ0n) is 13.7. The van der Waals surface area contributed by atoms with Crippen LogP contribution in [0.1, 0.15) is 28.9 Å². The molecule has 2 nitrogen and oxygen atoms in total. The molecule has 0 spiro atoms. The first-order valence-electron chi connectivity index (χ1n) is 8.44. The van der Waals surface area contributed by atoms with Crippen molar-refractivity contribution in [3.63, 3.8) is 0 Å². The highest BCUT2D eigenvalue weighted by atomic mass is 79.9. The van der Waals surface area contributed by atoms with Crippen LogP contribution in [0.2, 0.25) is 0 Å². The van der Waals surface area contributed by atoms with Crippen LogP contribution in [-0.2, 0) is 9.47 Å². The van der Waals surface area contributed by atoms with E-state index in [1.165, 1.54) is 5.56 Å². The van der Waals surface area contributed by atoms with Crippen LogP contribution in [0.25, 0.3) is 0 Å². The molecule has 0 bridgehead atoms. The average molecular weight is 395 g/mol. The fourth-order valence-electron chi connectivity index (χ4n) is 3.05. The molecule has 3 heteroatoms. The van der Waals surface area contributed by atoms with Crippen LogP contribution in [0.15, 0.2) is 89.4 Å². The van der Waals surface area contributed by atoms with Gasteiger partial charge in [-0.25, -0.2) is 0 Å². The summed E-state index contributed by atoms with van der Waals surface area (Å²) in [5.41, 5.74) is 3.52. The molecule has 1 heterocycles. The van der Waals surface area contributed by atoms with Crippen LogP contribution >= 0.6 is 15.9 Å². The van der Waals surface area contributed by atoms with Gasteiger partial charge in [0.2, 0.25) is 0 Å². The van der Waals surface area contributed by atoms with Gasteiger partial charge in [0.1, 0.15) is 18.3 Å². The number of ether oxygens (including phenoxy) is 2. The maximum absolute atomic E-state index is 6.28. The highest BCUT2D eigenvalue weighted by molar-refractivity contribution is 9.10. The number of rotatable bonds is 6. The molecule has 0 saturated carbocycles. The predicted octanol–water partition coefficient (Wildman–Crippen LogP) is 5.70. The van der Waals surface area contributed by atoms with Crippen molar-refractivity contribution in [3.05, 3.63) is 106 Å². The Morgan fingerprint density at radius 3 is 1.92 bits per heavy atom. The molecule has 1 saturated heterocycles. The number of epoxide rings is 1. The molecule has 1 aliphatic heterocycles. The van der Waals surface area contributed by atoms with Crippen molar-refractivity contribution >= 4 is 15.9 Å². The molecule has 0 aliphatic carbocycles. The average Bonchev–Trinajstić information content (AvgIpc) is 3.44. The van der Waals surface area contributed by atoms with Crippen LogP contribution in [0.3, 0.4) is 0 Å². The van der Waals surface area contributed by atoms with E-state index >= 15 is 0 Å². The highest BCUT2D eigenvalue weighted by Crippen LogP contribution is 2.40. The smallest absolute Gasteiger partial charge is 0.112 e. The molecule has 0 N–H and O–H groups in total. The number of hydrogen-bond acceptors (Lipinski definition) is 2. The van der Waals surface area contributed by atoms with E-state index in [4.69, 9.17) is 9.47 Å². The lowest BCUT2D eigenvalue weighted by Crippen LogP contribution is -2.11. The third-order valence-corrected chi connectivity index (χ3v) is 4.94. The van der Waals surface area contributed by atoms with Gasteiger partial charge in [-0.1, -0.05) is 88.7 Å². The lowest BCUT2D eigenvalue weighted by molar-refractivity contribution is 0.0672. The summed E-state index contributed by atoms with van der Waals surface area (Å²) in [6.45, 7) is 0.579. The quantitative estimate of drug-likeness (QED) is 0.500. The van der Waals surface area contributed by atoms with E-state index in [-0.39, 0.29) is 18.3 Å². The normalized spacial score (nSPS) is 19.1. The zero-order chi connectivity index (χ0) is 17.1. The Morgan fingerprint density at radius 2 is 1.36 bits per heavy atom. The number of halogens is 1. The van der Waals surface area contributed by atoms with E-state index in [1.54, 1.807) is 0 Å². The van der Waals surface area contributed by atoms with Gasteiger partial charge in [0.15, 0.2) is 0 Å². The predicted molar refractivity (Wildman–Crippen MR) is 102 cm³/mol. The van der Waals surface area contributed by atoms with Crippen molar-refractivity contribution in [3.8, 4) is 0 Å². The molecule has 1 aliphatic rings. The maximum Gasteiger partial charge on any atom is 0.112 e. The molecule has 0 aromatic heterocycles. The second-order valence-corrected chi connectivity index (χ2v) is 7.10. The summed E-state index contributed by atoms with van der Waals surface area (Å²) in [5, 5.41) is 0. The van der Waals surface area contributed by atoms with E-state index in [1.807, 2.05) is 48.5 Å². The van der Waals surface area contributed by atoms with E-state index in [0.717, 1.165) is 15.6 Å².